The molecular weight excluding hydrogens is 307 g/mol. The van der Waals surface area contributed by atoms with Gasteiger partial charge in [0.15, 0.2) is 0 Å². The predicted octanol–water partition coefficient (Wildman–Crippen LogP) is 1.27. The lowest BCUT2D eigenvalue weighted by Gasteiger charge is -2.16. The van der Waals surface area contributed by atoms with Crippen molar-refractivity contribution in [1.82, 2.24) is 20.1 Å². The second-order valence-corrected chi connectivity index (χ2v) is 6.13. The van der Waals surface area contributed by atoms with Gasteiger partial charge in [0.25, 0.3) is 0 Å². The van der Waals surface area contributed by atoms with Gasteiger partial charge in [-0.1, -0.05) is 19.1 Å². The quantitative estimate of drug-likeness (QED) is 0.868. The van der Waals surface area contributed by atoms with Crippen molar-refractivity contribution in [3.05, 3.63) is 41.5 Å². The molecule has 0 aliphatic carbocycles. The van der Waals surface area contributed by atoms with Crippen molar-refractivity contribution in [2.24, 2.45) is 0 Å². The molecule has 0 fully saturated rings. The van der Waals surface area contributed by atoms with Crippen LogP contribution in [-0.4, -0.2) is 43.0 Å². The van der Waals surface area contributed by atoms with E-state index < -0.39 is 10.8 Å². The zero-order chi connectivity index (χ0) is 16.1. The third kappa shape index (κ3) is 4.20. The van der Waals surface area contributed by atoms with Gasteiger partial charge in [0.05, 0.1) is 0 Å². The van der Waals surface area contributed by atoms with Gasteiger partial charge in [0, 0.05) is 20.0 Å². The fraction of sp³-hybridized carbons (Fsp3) is 0.357. The van der Waals surface area contributed by atoms with Crippen LogP contribution in [-0.2, 0) is 28.6 Å². The molecule has 1 heterocycles. The minimum Gasteiger partial charge on any atom is -0.341 e. The summed E-state index contributed by atoms with van der Waals surface area (Å²) < 4.78 is 24.9. The molecule has 0 aliphatic rings. The summed E-state index contributed by atoms with van der Waals surface area (Å²) in [7, 11) is 0.0283. The zero-order valence-corrected chi connectivity index (χ0v) is 13.2. The molecule has 0 unspecified atom stereocenters. The van der Waals surface area contributed by atoms with Crippen molar-refractivity contribution in [2.45, 2.75) is 25.0 Å². The Hall–Kier alpha value is -2.09. The van der Waals surface area contributed by atoms with Gasteiger partial charge in [-0.15, -0.1) is 5.10 Å². The van der Waals surface area contributed by atoms with Gasteiger partial charge < -0.3 is 4.90 Å². The fourth-order valence-electron chi connectivity index (χ4n) is 1.78. The number of aromatic amines is 1. The highest BCUT2D eigenvalue weighted by molar-refractivity contribution is 7.85. The molecule has 0 spiro atoms. The SMILES string of the molecule is CCc1nc([S@](=O)CC(=O)N(C)Cc2ccc(F)cc2)n[nH]1. The topological polar surface area (TPSA) is 79.0 Å². The van der Waals surface area contributed by atoms with Crippen molar-refractivity contribution in [1.29, 1.82) is 0 Å². The fourth-order valence-corrected chi connectivity index (χ4v) is 2.71. The second kappa shape index (κ2) is 7.26. The summed E-state index contributed by atoms with van der Waals surface area (Å²) in [6.07, 6.45) is 0.655. The third-order valence-electron chi connectivity index (χ3n) is 3.06. The number of rotatable bonds is 6. The van der Waals surface area contributed by atoms with Crippen LogP contribution >= 0.6 is 0 Å². The first-order chi connectivity index (χ1) is 10.5. The first-order valence-corrected chi connectivity index (χ1v) is 8.09. The molecule has 6 nitrogen and oxygen atoms in total. The van der Waals surface area contributed by atoms with E-state index in [4.69, 9.17) is 0 Å². The molecule has 1 aromatic carbocycles. The number of benzene rings is 1. The van der Waals surface area contributed by atoms with E-state index in [9.17, 15) is 13.4 Å². The summed E-state index contributed by atoms with van der Waals surface area (Å²) in [6, 6.07) is 5.90. The molecule has 1 amide bonds. The van der Waals surface area contributed by atoms with Crippen LogP contribution in [0.1, 0.15) is 18.3 Å². The number of aryl methyl sites for hydroxylation is 1. The van der Waals surface area contributed by atoms with Crippen LogP contribution in [0.3, 0.4) is 0 Å². The number of nitrogens with zero attached hydrogens (tertiary/aromatic N) is 3. The summed E-state index contributed by atoms with van der Waals surface area (Å²) in [5.74, 6) is -0.158. The van der Waals surface area contributed by atoms with E-state index in [1.54, 1.807) is 19.2 Å². The van der Waals surface area contributed by atoms with Crippen molar-refractivity contribution in [2.75, 3.05) is 12.8 Å². The summed E-state index contributed by atoms with van der Waals surface area (Å²) in [4.78, 5) is 17.6. The molecule has 0 saturated heterocycles. The Morgan fingerprint density at radius 1 is 1.36 bits per heavy atom. The molecule has 8 heteroatoms. The monoisotopic (exact) mass is 324 g/mol. The Morgan fingerprint density at radius 2 is 2.05 bits per heavy atom. The maximum atomic E-state index is 12.8. The van der Waals surface area contributed by atoms with E-state index in [1.165, 1.54) is 17.0 Å². The van der Waals surface area contributed by atoms with Gasteiger partial charge in [0.1, 0.15) is 28.2 Å². The Balaban J connectivity index is 1.93. The summed E-state index contributed by atoms with van der Waals surface area (Å²) >= 11 is 0. The van der Waals surface area contributed by atoms with Crippen LogP contribution in [0.5, 0.6) is 0 Å². The molecule has 2 rings (SSSR count). The molecule has 2 aromatic rings. The van der Waals surface area contributed by atoms with Crippen LogP contribution in [0.25, 0.3) is 0 Å². The third-order valence-corrected chi connectivity index (χ3v) is 4.16. The van der Waals surface area contributed by atoms with Crippen LogP contribution < -0.4 is 0 Å². The highest BCUT2D eigenvalue weighted by Crippen LogP contribution is 2.07. The minimum atomic E-state index is -1.58. The number of nitrogens with one attached hydrogen (secondary N) is 1. The number of aromatic nitrogens is 3. The molecule has 0 bridgehead atoms. The average molecular weight is 324 g/mol. The van der Waals surface area contributed by atoms with E-state index in [0.29, 0.717) is 18.8 Å². The average Bonchev–Trinajstić information content (AvgIpc) is 2.98. The summed E-state index contributed by atoms with van der Waals surface area (Å²) in [5.41, 5.74) is 0.800. The van der Waals surface area contributed by atoms with E-state index >= 15 is 0 Å². The Kier molecular flexibility index (Phi) is 5.37. The summed E-state index contributed by atoms with van der Waals surface area (Å²) in [5, 5.41) is 6.65. The van der Waals surface area contributed by atoms with Crippen molar-refractivity contribution in [3.8, 4) is 0 Å². The lowest BCUT2D eigenvalue weighted by Crippen LogP contribution is -2.30. The van der Waals surface area contributed by atoms with Crippen LogP contribution in [0.4, 0.5) is 4.39 Å². The number of H-pyrrole nitrogens is 1. The molecule has 0 saturated carbocycles. The van der Waals surface area contributed by atoms with E-state index in [-0.39, 0.29) is 22.6 Å². The molecule has 0 radical (unpaired) electrons. The van der Waals surface area contributed by atoms with E-state index in [2.05, 4.69) is 15.2 Å². The highest BCUT2D eigenvalue weighted by Gasteiger charge is 2.17. The lowest BCUT2D eigenvalue weighted by molar-refractivity contribution is -0.127. The van der Waals surface area contributed by atoms with Gasteiger partial charge >= 0.3 is 0 Å². The highest BCUT2D eigenvalue weighted by atomic mass is 32.2. The van der Waals surface area contributed by atoms with E-state index in [1.807, 2.05) is 6.92 Å². The largest absolute Gasteiger partial charge is 0.341 e. The number of hydrogen-bond donors (Lipinski definition) is 1. The number of amides is 1. The first kappa shape index (κ1) is 16.3. The minimum absolute atomic E-state index is 0.139. The maximum absolute atomic E-state index is 12.8. The predicted molar refractivity (Wildman–Crippen MR) is 79.9 cm³/mol. The van der Waals surface area contributed by atoms with Gasteiger partial charge in [-0.25, -0.2) is 9.37 Å². The molecule has 118 valence electrons. The molecule has 1 atom stereocenters. The van der Waals surface area contributed by atoms with Gasteiger partial charge in [-0.3, -0.25) is 14.1 Å². The molecular formula is C14H17FN4O2S. The number of halogens is 1. The molecule has 22 heavy (non-hydrogen) atoms. The van der Waals surface area contributed by atoms with Gasteiger partial charge in [0.2, 0.25) is 11.1 Å². The van der Waals surface area contributed by atoms with E-state index in [0.717, 1.165) is 5.56 Å². The maximum Gasteiger partial charge on any atom is 0.239 e. The second-order valence-electron chi connectivity index (χ2n) is 4.78. The zero-order valence-electron chi connectivity index (χ0n) is 12.4. The van der Waals surface area contributed by atoms with Gasteiger partial charge in [-0.2, -0.15) is 0 Å². The standard InChI is InChI=1S/C14H17FN4O2S/c1-3-12-16-14(18-17-12)22(21)9-13(20)19(2)8-10-4-6-11(15)7-5-10/h4-7H,3,8-9H2,1-2H3,(H,16,17,18)/t22-/m1/s1. The lowest BCUT2D eigenvalue weighted by atomic mass is 10.2. The van der Waals surface area contributed by atoms with Crippen molar-refractivity contribution < 1.29 is 13.4 Å². The number of carbonyl (C=O) groups is 1. The smallest absolute Gasteiger partial charge is 0.239 e. The molecule has 1 aromatic heterocycles. The van der Waals surface area contributed by atoms with Crippen molar-refractivity contribution in [3.63, 3.8) is 0 Å². The van der Waals surface area contributed by atoms with Crippen LogP contribution in [0.15, 0.2) is 29.4 Å². The van der Waals surface area contributed by atoms with Crippen LogP contribution in [0.2, 0.25) is 0 Å². The summed E-state index contributed by atoms with van der Waals surface area (Å²) in [6.45, 7) is 2.22. The normalized spacial score (nSPS) is 12.1. The first-order valence-electron chi connectivity index (χ1n) is 6.77. The Bertz CT molecular complexity index is 672. The Labute approximate surface area is 130 Å². The molecule has 1 N–H and O–H groups in total. The van der Waals surface area contributed by atoms with Crippen molar-refractivity contribution >= 4 is 16.7 Å². The Morgan fingerprint density at radius 3 is 2.64 bits per heavy atom. The number of hydrogen-bond acceptors (Lipinski definition) is 4. The molecule has 0 aliphatic heterocycles. The van der Waals surface area contributed by atoms with Crippen LogP contribution in [0, 0.1) is 5.82 Å². The van der Waals surface area contributed by atoms with Gasteiger partial charge in [-0.05, 0) is 17.7 Å². The number of carbonyl (C=O) groups excluding carboxylic acids is 1.